The van der Waals surface area contributed by atoms with Gasteiger partial charge >= 0.3 is 0 Å². The zero-order valence-electron chi connectivity index (χ0n) is 19.5. The van der Waals surface area contributed by atoms with E-state index in [1.165, 1.54) is 18.3 Å². The number of halogens is 2. The van der Waals surface area contributed by atoms with Crippen LogP contribution < -0.4 is 10.2 Å². The van der Waals surface area contributed by atoms with E-state index in [2.05, 4.69) is 17.1 Å². The van der Waals surface area contributed by atoms with Crippen molar-refractivity contribution in [2.45, 2.75) is 18.4 Å². The SMILES string of the molecule is C=CCOc1ccc(/C=N\NC(=O)CN(Cc2c(Cl)cccc2Cl)S(=O)(=O)c2ccc(C)cc2)cc1. The number of aryl methyl sites for hydroxylation is 1. The van der Waals surface area contributed by atoms with Gasteiger partial charge in [0.15, 0.2) is 0 Å². The van der Waals surface area contributed by atoms with Crippen molar-refractivity contribution in [1.82, 2.24) is 9.73 Å². The molecule has 0 fully saturated rings. The van der Waals surface area contributed by atoms with E-state index in [1.807, 2.05) is 6.92 Å². The van der Waals surface area contributed by atoms with Gasteiger partial charge in [0.1, 0.15) is 12.4 Å². The second-order valence-corrected chi connectivity index (χ2v) is 10.5. The van der Waals surface area contributed by atoms with Crippen LogP contribution in [0, 0.1) is 6.92 Å². The van der Waals surface area contributed by atoms with Crippen LogP contribution in [-0.2, 0) is 21.4 Å². The van der Waals surface area contributed by atoms with Crippen LogP contribution in [-0.4, -0.2) is 38.0 Å². The number of ether oxygens (including phenoxy) is 1. The fourth-order valence-corrected chi connectivity index (χ4v) is 5.01. The Hall–Kier alpha value is -3.17. The number of hydrogen-bond donors (Lipinski definition) is 1. The third-order valence-corrected chi connectivity index (χ3v) is 7.54. The van der Waals surface area contributed by atoms with Gasteiger partial charge < -0.3 is 4.74 Å². The van der Waals surface area contributed by atoms with Gasteiger partial charge in [-0.05, 0) is 61.0 Å². The molecule has 3 aromatic rings. The van der Waals surface area contributed by atoms with E-state index < -0.39 is 22.5 Å². The van der Waals surface area contributed by atoms with Gasteiger partial charge in [0.05, 0.1) is 17.7 Å². The van der Waals surface area contributed by atoms with Crippen LogP contribution in [0.4, 0.5) is 0 Å². The van der Waals surface area contributed by atoms with Crippen LogP contribution in [0.15, 0.2) is 89.4 Å². The summed E-state index contributed by atoms with van der Waals surface area (Å²) in [6, 6.07) is 18.3. The van der Waals surface area contributed by atoms with Crippen LogP contribution in [0.3, 0.4) is 0 Å². The van der Waals surface area contributed by atoms with Gasteiger partial charge in [-0.25, -0.2) is 13.8 Å². The number of amides is 1. The largest absolute Gasteiger partial charge is 0.490 e. The molecule has 3 rings (SSSR count). The summed E-state index contributed by atoms with van der Waals surface area (Å²) in [4.78, 5) is 12.7. The molecule has 0 radical (unpaired) electrons. The first-order valence-electron chi connectivity index (χ1n) is 10.9. The van der Waals surface area contributed by atoms with Gasteiger partial charge in [-0.3, -0.25) is 4.79 Å². The van der Waals surface area contributed by atoms with E-state index in [-0.39, 0.29) is 11.4 Å². The van der Waals surface area contributed by atoms with Gasteiger partial charge in [-0.1, -0.05) is 59.6 Å². The van der Waals surface area contributed by atoms with Crippen molar-refractivity contribution < 1.29 is 17.9 Å². The molecule has 0 aliphatic carbocycles. The summed E-state index contributed by atoms with van der Waals surface area (Å²) < 4.78 is 33.3. The molecule has 0 aromatic heterocycles. The molecule has 0 atom stereocenters. The zero-order chi connectivity index (χ0) is 26.1. The molecule has 1 N–H and O–H groups in total. The molecule has 7 nitrogen and oxygen atoms in total. The standard InChI is InChI=1S/C26H25Cl2N3O4S/c1-3-15-35-21-11-9-20(10-12-21)16-29-30-26(32)18-31(17-23-24(27)5-4-6-25(23)28)36(33,34)22-13-7-19(2)8-14-22/h3-14,16H,1,15,17-18H2,2H3,(H,30,32)/b29-16-. The van der Waals surface area contributed by atoms with Crippen molar-refractivity contribution in [2.24, 2.45) is 5.10 Å². The van der Waals surface area contributed by atoms with Gasteiger partial charge in [0, 0.05) is 22.2 Å². The third kappa shape index (κ3) is 7.41. The minimum atomic E-state index is -4.05. The number of sulfonamides is 1. The van der Waals surface area contributed by atoms with Crippen molar-refractivity contribution in [3.05, 3.63) is 106 Å². The molecule has 0 heterocycles. The monoisotopic (exact) mass is 545 g/mol. The summed E-state index contributed by atoms with van der Waals surface area (Å²) in [5, 5.41) is 4.53. The normalized spacial score (nSPS) is 11.6. The maximum Gasteiger partial charge on any atom is 0.255 e. The van der Waals surface area contributed by atoms with Crippen molar-refractivity contribution in [3.8, 4) is 5.75 Å². The second-order valence-electron chi connectivity index (χ2n) is 7.75. The Morgan fingerprint density at radius 3 is 2.31 bits per heavy atom. The summed E-state index contributed by atoms with van der Waals surface area (Å²) in [6.45, 7) is 5.15. The average Bonchev–Trinajstić information content (AvgIpc) is 2.85. The molecule has 36 heavy (non-hydrogen) atoms. The van der Waals surface area contributed by atoms with Crippen LogP contribution in [0.1, 0.15) is 16.7 Å². The molecule has 0 saturated heterocycles. The number of carbonyl (C=O) groups excluding carboxylic acids is 1. The van der Waals surface area contributed by atoms with Crippen molar-refractivity contribution >= 4 is 45.3 Å². The number of hydrogen-bond acceptors (Lipinski definition) is 5. The highest BCUT2D eigenvalue weighted by atomic mass is 35.5. The number of hydrazone groups is 1. The van der Waals surface area contributed by atoms with E-state index in [4.69, 9.17) is 27.9 Å². The van der Waals surface area contributed by atoms with E-state index in [0.29, 0.717) is 33.5 Å². The first-order valence-corrected chi connectivity index (χ1v) is 13.1. The minimum absolute atomic E-state index is 0.0475. The number of nitrogens with zero attached hydrogens (tertiary/aromatic N) is 2. The number of nitrogens with one attached hydrogen (secondary N) is 1. The van der Waals surface area contributed by atoms with Crippen molar-refractivity contribution in [2.75, 3.05) is 13.2 Å². The molecule has 0 bridgehead atoms. The Bertz CT molecular complexity index is 1320. The van der Waals surface area contributed by atoms with Gasteiger partial charge in [0.25, 0.3) is 5.91 Å². The Balaban J connectivity index is 1.77. The highest BCUT2D eigenvalue weighted by Crippen LogP contribution is 2.28. The zero-order valence-corrected chi connectivity index (χ0v) is 21.9. The molecule has 3 aromatic carbocycles. The summed E-state index contributed by atoms with van der Waals surface area (Å²) in [5.41, 5.74) is 4.39. The maximum atomic E-state index is 13.4. The fraction of sp³-hybridized carbons (Fsp3) is 0.154. The lowest BCUT2D eigenvalue weighted by Crippen LogP contribution is -2.39. The first-order chi connectivity index (χ1) is 17.2. The molecule has 0 saturated carbocycles. The van der Waals surface area contributed by atoms with Gasteiger partial charge in [-0.2, -0.15) is 9.41 Å². The van der Waals surface area contributed by atoms with Crippen molar-refractivity contribution in [3.63, 3.8) is 0 Å². The summed E-state index contributed by atoms with van der Waals surface area (Å²) >= 11 is 12.5. The van der Waals surface area contributed by atoms with Crippen LogP contribution in [0.5, 0.6) is 5.75 Å². The third-order valence-electron chi connectivity index (χ3n) is 5.03. The lowest BCUT2D eigenvalue weighted by atomic mass is 10.2. The molecular weight excluding hydrogens is 521 g/mol. The first kappa shape index (κ1) is 27.4. The Morgan fingerprint density at radius 1 is 1.06 bits per heavy atom. The molecular formula is C26H25Cl2N3O4S. The molecule has 1 amide bonds. The second kappa shape index (κ2) is 12.7. The quantitative estimate of drug-likeness (QED) is 0.203. The van der Waals surface area contributed by atoms with Crippen LogP contribution >= 0.6 is 23.2 Å². The fourth-order valence-electron chi connectivity index (χ4n) is 3.12. The van der Waals surface area contributed by atoms with Gasteiger partial charge in [-0.15, -0.1) is 0 Å². The molecule has 0 unspecified atom stereocenters. The van der Waals surface area contributed by atoms with Gasteiger partial charge in [0.2, 0.25) is 10.0 Å². The maximum absolute atomic E-state index is 13.4. The van der Waals surface area contributed by atoms with Crippen LogP contribution in [0.2, 0.25) is 10.0 Å². The highest BCUT2D eigenvalue weighted by Gasteiger charge is 2.28. The Kier molecular flexibility index (Phi) is 9.66. The number of rotatable bonds is 11. The summed E-state index contributed by atoms with van der Waals surface area (Å²) in [7, 11) is -4.05. The molecule has 10 heteroatoms. The number of carbonyl (C=O) groups is 1. The Labute approximate surface area is 221 Å². The smallest absolute Gasteiger partial charge is 0.255 e. The lowest BCUT2D eigenvalue weighted by molar-refractivity contribution is -0.121. The summed E-state index contributed by atoms with van der Waals surface area (Å²) in [6.07, 6.45) is 3.09. The van der Waals surface area contributed by atoms with E-state index in [0.717, 1.165) is 9.87 Å². The molecule has 0 spiro atoms. The topological polar surface area (TPSA) is 88.1 Å². The highest BCUT2D eigenvalue weighted by molar-refractivity contribution is 7.89. The number of benzene rings is 3. The molecule has 188 valence electrons. The predicted molar refractivity (Wildman–Crippen MR) is 143 cm³/mol. The van der Waals surface area contributed by atoms with E-state index in [1.54, 1.807) is 60.7 Å². The molecule has 0 aliphatic heterocycles. The summed E-state index contributed by atoms with van der Waals surface area (Å²) in [5.74, 6) is 0.0438. The Morgan fingerprint density at radius 2 is 1.69 bits per heavy atom. The van der Waals surface area contributed by atoms with Crippen molar-refractivity contribution in [1.29, 1.82) is 0 Å². The van der Waals surface area contributed by atoms with E-state index >= 15 is 0 Å². The van der Waals surface area contributed by atoms with E-state index in [9.17, 15) is 13.2 Å². The lowest BCUT2D eigenvalue weighted by Gasteiger charge is -2.22. The molecule has 0 aliphatic rings. The van der Waals surface area contributed by atoms with Crippen LogP contribution in [0.25, 0.3) is 0 Å². The average molecular weight is 546 g/mol. The predicted octanol–water partition coefficient (Wildman–Crippen LogP) is 5.21. The minimum Gasteiger partial charge on any atom is -0.490 e.